The molecule has 0 bridgehead atoms. The average molecular weight is 293 g/mol. The van der Waals surface area contributed by atoms with Gasteiger partial charge >= 0.3 is 0 Å². The molecule has 0 amide bonds. The minimum absolute atomic E-state index is 0.183. The molecule has 1 aromatic heterocycles. The van der Waals surface area contributed by atoms with Crippen LogP contribution in [0.5, 0.6) is 0 Å². The molecule has 2 heterocycles. The van der Waals surface area contributed by atoms with Crippen LogP contribution in [0.3, 0.4) is 0 Å². The molecule has 1 fully saturated rings. The number of rotatable bonds is 5. The van der Waals surface area contributed by atoms with Crippen molar-refractivity contribution < 1.29 is 0 Å². The summed E-state index contributed by atoms with van der Waals surface area (Å²) in [7, 11) is 0. The highest BCUT2D eigenvalue weighted by molar-refractivity contribution is 5.02. The molecule has 1 N–H and O–H groups in total. The first-order chi connectivity index (χ1) is 9.83. The van der Waals surface area contributed by atoms with Crippen molar-refractivity contribution in [2.24, 2.45) is 0 Å². The molecule has 0 radical (unpaired) electrons. The van der Waals surface area contributed by atoms with E-state index in [9.17, 15) is 0 Å². The summed E-state index contributed by atoms with van der Waals surface area (Å²) < 4.78 is 2.04. The Bertz CT molecular complexity index is 469. The fourth-order valence-electron chi connectivity index (χ4n) is 3.01. The second kappa shape index (κ2) is 6.05. The molecule has 1 aliphatic rings. The number of nitrogens with one attached hydrogen (secondary N) is 1. The van der Waals surface area contributed by atoms with Crippen molar-refractivity contribution in [2.75, 3.05) is 13.1 Å². The summed E-state index contributed by atoms with van der Waals surface area (Å²) in [5.74, 6) is 1.07. The van der Waals surface area contributed by atoms with E-state index in [1.54, 1.807) is 6.33 Å². The first-order valence-electron chi connectivity index (χ1n) is 8.22. The van der Waals surface area contributed by atoms with Gasteiger partial charge < -0.3 is 5.32 Å². The Labute approximate surface area is 129 Å². The summed E-state index contributed by atoms with van der Waals surface area (Å²) in [5.41, 5.74) is 0.375. The van der Waals surface area contributed by atoms with Crippen molar-refractivity contribution >= 4 is 0 Å². The molecular formula is C16H31N5. The maximum Gasteiger partial charge on any atom is 0.141 e. The van der Waals surface area contributed by atoms with Crippen LogP contribution in [0.15, 0.2) is 6.33 Å². The molecule has 1 aliphatic heterocycles. The quantitative estimate of drug-likeness (QED) is 0.906. The molecule has 0 aromatic carbocycles. The van der Waals surface area contributed by atoms with Crippen molar-refractivity contribution in [1.82, 2.24) is 25.0 Å². The topological polar surface area (TPSA) is 46.0 Å². The van der Waals surface area contributed by atoms with Crippen molar-refractivity contribution in [3.63, 3.8) is 0 Å². The van der Waals surface area contributed by atoms with E-state index >= 15 is 0 Å². The summed E-state index contributed by atoms with van der Waals surface area (Å²) in [6, 6.07) is 0.357. The van der Waals surface area contributed by atoms with Gasteiger partial charge in [0.15, 0.2) is 0 Å². The van der Waals surface area contributed by atoms with Crippen LogP contribution in [-0.2, 0) is 6.54 Å². The van der Waals surface area contributed by atoms with Gasteiger partial charge in [0.2, 0.25) is 0 Å². The van der Waals surface area contributed by atoms with Crippen molar-refractivity contribution in [3.8, 4) is 0 Å². The minimum Gasteiger partial charge on any atom is -0.308 e. The van der Waals surface area contributed by atoms with Crippen LogP contribution >= 0.6 is 0 Å². The van der Waals surface area contributed by atoms with Gasteiger partial charge in [-0.3, -0.25) is 4.90 Å². The first kappa shape index (κ1) is 16.4. The molecule has 2 rings (SSSR count). The largest absolute Gasteiger partial charge is 0.308 e. The van der Waals surface area contributed by atoms with Crippen LogP contribution in [0.4, 0.5) is 0 Å². The molecule has 0 saturated carbocycles. The number of aromatic nitrogens is 3. The molecule has 2 atom stereocenters. The van der Waals surface area contributed by atoms with E-state index in [1.165, 1.54) is 0 Å². The van der Waals surface area contributed by atoms with Gasteiger partial charge in [0, 0.05) is 30.2 Å². The van der Waals surface area contributed by atoms with Crippen LogP contribution in [0, 0.1) is 0 Å². The highest BCUT2D eigenvalue weighted by atomic mass is 15.4. The van der Waals surface area contributed by atoms with Gasteiger partial charge in [-0.2, -0.15) is 5.10 Å². The lowest BCUT2D eigenvalue weighted by Gasteiger charge is -2.52. The van der Waals surface area contributed by atoms with Gasteiger partial charge in [-0.25, -0.2) is 9.67 Å². The third-order valence-corrected chi connectivity index (χ3v) is 5.21. The maximum atomic E-state index is 4.49. The first-order valence-corrected chi connectivity index (χ1v) is 8.22. The summed E-state index contributed by atoms with van der Waals surface area (Å²) in [4.78, 5) is 7.09. The second-order valence-corrected chi connectivity index (χ2v) is 7.19. The van der Waals surface area contributed by atoms with Crippen LogP contribution in [0.2, 0.25) is 0 Å². The monoisotopic (exact) mass is 293 g/mol. The van der Waals surface area contributed by atoms with Crippen LogP contribution < -0.4 is 5.32 Å². The number of hydrogen-bond donors (Lipinski definition) is 1. The third-order valence-electron chi connectivity index (χ3n) is 5.21. The molecule has 2 unspecified atom stereocenters. The lowest BCUT2D eigenvalue weighted by Crippen LogP contribution is -2.67. The molecule has 120 valence electrons. The summed E-state index contributed by atoms with van der Waals surface area (Å²) >= 11 is 0. The highest BCUT2D eigenvalue weighted by Crippen LogP contribution is 2.29. The zero-order chi connectivity index (χ0) is 15.7. The van der Waals surface area contributed by atoms with E-state index in [4.69, 9.17) is 0 Å². The van der Waals surface area contributed by atoms with E-state index < -0.39 is 0 Å². The fourth-order valence-corrected chi connectivity index (χ4v) is 3.01. The average Bonchev–Trinajstić information content (AvgIpc) is 2.92. The molecule has 21 heavy (non-hydrogen) atoms. The van der Waals surface area contributed by atoms with Gasteiger partial charge in [-0.1, -0.05) is 13.8 Å². The number of nitrogens with zero attached hydrogens (tertiary/aromatic N) is 4. The van der Waals surface area contributed by atoms with Crippen molar-refractivity contribution in [1.29, 1.82) is 0 Å². The van der Waals surface area contributed by atoms with Crippen LogP contribution in [0.25, 0.3) is 0 Å². The second-order valence-electron chi connectivity index (χ2n) is 7.19. The van der Waals surface area contributed by atoms with Gasteiger partial charge in [0.1, 0.15) is 12.2 Å². The van der Waals surface area contributed by atoms with Crippen LogP contribution in [0.1, 0.15) is 66.3 Å². The lowest BCUT2D eigenvalue weighted by atomic mass is 9.85. The molecule has 5 heteroatoms. The maximum absolute atomic E-state index is 4.49. The third kappa shape index (κ3) is 3.29. The molecule has 1 saturated heterocycles. The van der Waals surface area contributed by atoms with E-state index in [0.29, 0.717) is 6.04 Å². The van der Waals surface area contributed by atoms with E-state index in [1.807, 2.05) is 4.68 Å². The lowest BCUT2D eigenvalue weighted by molar-refractivity contribution is 0.00741. The zero-order valence-electron chi connectivity index (χ0n) is 14.5. The normalized spacial score (nSPS) is 31.0. The Balaban J connectivity index is 2.22. The van der Waals surface area contributed by atoms with Crippen LogP contribution in [-0.4, -0.2) is 43.8 Å². The van der Waals surface area contributed by atoms with E-state index in [2.05, 4.69) is 61.8 Å². The number of piperazine rings is 1. The Kier molecular flexibility index (Phi) is 4.73. The Morgan fingerprint density at radius 1 is 1.29 bits per heavy atom. The summed E-state index contributed by atoms with van der Waals surface area (Å²) in [5, 5.41) is 8.12. The fraction of sp³-hybridized carbons (Fsp3) is 0.875. The smallest absolute Gasteiger partial charge is 0.141 e. The molecule has 1 aromatic rings. The van der Waals surface area contributed by atoms with Gasteiger partial charge in [0.25, 0.3) is 0 Å². The SMILES string of the molecule is CCC1(C)CN(Cc2ncnn2C(C)C)C(C)(CC)CN1. The summed E-state index contributed by atoms with van der Waals surface area (Å²) in [6.07, 6.45) is 3.95. The Morgan fingerprint density at radius 2 is 2.00 bits per heavy atom. The predicted octanol–water partition coefficient (Wildman–Crippen LogP) is 2.60. The van der Waals surface area contributed by atoms with E-state index in [0.717, 1.165) is 38.3 Å². The zero-order valence-corrected chi connectivity index (χ0v) is 14.5. The molecule has 5 nitrogen and oxygen atoms in total. The minimum atomic E-state index is 0.183. The predicted molar refractivity (Wildman–Crippen MR) is 86.2 cm³/mol. The van der Waals surface area contributed by atoms with Gasteiger partial charge in [-0.15, -0.1) is 0 Å². The number of hydrogen-bond acceptors (Lipinski definition) is 4. The van der Waals surface area contributed by atoms with E-state index in [-0.39, 0.29) is 11.1 Å². The van der Waals surface area contributed by atoms with Crippen molar-refractivity contribution in [3.05, 3.63) is 12.2 Å². The highest BCUT2D eigenvalue weighted by Gasteiger charge is 2.41. The summed E-state index contributed by atoms with van der Waals surface area (Å²) in [6.45, 7) is 16.5. The molecule has 0 spiro atoms. The standard InChI is InChI=1S/C16H31N5/c1-7-15(5)11-20(16(6,8-2)10-18-15)9-14-17-12-19-21(14)13(3)4/h12-13,18H,7-11H2,1-6H3. The Morgan fingerprint density at radius 3 is 2.57 bits per heavy atom. The van der Waals surface area contributed by atoms with Gasteiger partial charge in [0.05, 0.1) is 6.54 Å². The van der Waals surface area contributed by atoms with Gasteiger partial charge in [-0.05, 0) is 40.5 Å². The molecular weight excluding hydrogens is 262 g/mol. The van der Waals surface area contributed by atoms with Crippen molar-refractivity contribution in [2.45, 2.75) is 78.0 Å². The Hall–Kier alpha value is -0.940. The molecule has 0 aliphatic carbocycles.